The molecule has 0 saturated carbocycles. The Hall–Kier alpha value is -1.58. The SMILES string of the molecule is CCOC(=O)c1[nH]c(C)c(C(C)=O)c1CC. The molecule has 1 aromatic rings. The van der Waals surface area contributed by atoms with Crippen LogP contribution >= 0.6 is 0 Å². The van der Waals surface area contributed by atoms with E-state index in [9.17, 15) is 9.59 Å². The van der Waals surface area contributed by atoms with E-state index in [0.717, 1.165) is 11.3 Å². The Bertz CT molecular complexity index is 418. The predicted octanol–water partition coefficient (Wildman–Crippen LogP) is 2.26. The first-order valence-corrected chi connectivity index (χ1v) is 5.42. The molecule has 0 aliphatic heterocycles. The number of ether oxygens (including phenoxy) is 1. The predicted molar refractivity (Wildman–Crippen MR) is 60.9 cm³/mol. The average Bonchev–Trinajstić information content (AvgIpc) is 2.55. The van der Waals surface area contributed by atoms with Crippen molar-refractivity contribution in [1.29, 1.82) is 0 Å². The van der Waals surface area contributed by atoms with E-state index in [1.807, 2.05) is 6.92 Å². The van der Waals surface area contributed by atoms with Gasteiger partial charge in [-0.15, -0.1) is 0 Å². The second-order valence-corrected chi connectivity index (χ2v) is 3.61. The smallest absolute Gasteiger partial charge is 0.355 e. The molecule has 16 heavy (non-hydrogen) atoms. The van der Waals surface area contributed by atoms with Gasteiger partial charge >= 0.3 is 5.97 Å². The van der Waals surface area contributed by atoms with Gasteiger partial charge in [-0.05, 0) is 32.8 Å². The number of esters is 1. The van der Waals surface area contributed by atoms with E-state index < -0.39 is 5.97 Å². The number of hydrogen-bond acceptors (Lipinski definition) is 3. The first-order valence-electron chi connectivity index (χ1n) is 5.42. The van der Waals surface area contributed by atoms with Crippen molar-refractivity contribution in [2.75, 3.05) is 6.61 Å². The van der Waals surface area contributed by atoms with Crippen LogP contribution in [0.1, 0.15) is 52.9 Å². The first kappa shape index (κ1) is 12.5. The summed E-state index contributed by atoms with van der Waals surface area (Å²) < 4.78 is 4.94. The number of carbonyl (C=O) groups excluding carboxylic acids is 2. The number of nitrogens with one attached hydrogen (secondary N) is 1. The van der Waals surface area contributed by atoms with E-state index in [4.69, 9.17) is 4.74 Å². The molecule has 1 rings (SSSR count). The Morgan fingerprint density at radius 1 is 1.31 bits per heavy atom. The molecular weight excluding hydrogens is 206 g/mol. The van der Waals surface area contributed by atoms with Gasteiger partial charge in [0.05, 0.1) is 6.61 Å². The Labute approximate surface area is 95.0 Å². The minimum Gasteiger partial charge on any atom is -0.461 e. The van der Waals surface area contributed by atoms with Crippen LogP contribution < -0.4 is 0 Å². The molecule has 1 heterocycles. The Balaban J connectivity index is 3.26. The maximum Gasteiger partial charge on any atom is 0.355 e. The van der Waals surface area contributed by atoms with Crippen molar-refractivity contribution in [3.63, 3.8) is 0 Å². The van der Waals surface area contributed by atoms with Crippen molar-refractivity contribution >= 4 is 11.8 Å². The van der Waals surface area contributed by atoms with Crippen LogP contribution in [0.2, 0.25) is 0 Å². The van der Waals surface area contributed by atoms with Crippen LogP contribution in [0.5, 0.6) is 0 Å². The molecule has 0 amide bonds. The molecule has 0 bridgehead atoms. The molecule has 0 atom stereocenters. The van der Waals surface area contributed by atoms with Gasteiger partial charge in [-0.3, -0.25) is 4.79 Å². The summed E-state index contributed by atoms with van der Waals surface area (Å²) in [6.07, 6.45) is 0.632. The summed E-state index contributed by atoms with van der Waals surface area (Å²) in [5.74, 6) is -0.420. The van der Waals surface area contributed by atoms with E-state index in [1.54, 1.807) is 13.8 Å². The summed E-state index contributed by atoms with van der Waals surface area (Å²) in [4.78, 5) is 26.1. The number of aryl methyl sites for hydroxylation is 1. The number of H-pyrrole nitrogens is 1. The first-order chi connectivity index (χ1) is 7.52. The molecule has 4 nitrogen and oxygen atoms in total. The number of aromatic nitrogens is 1. The molecule has 0 fully saturated rings. The van der Waals surface area contributed by atoms with Gasteiger partial charge in [-0.1, -0.05) is 6.92 Å². The Morgan fingerprint density at radius 3 is 2.38 bits per heavy atom. The highest BCUT2D eigenvalue weighted by Crippen LogP contribution is 2.20. The molecular formula is C12H17NO3. The summed E-state index contributed by atoms with van der Waals surface area (Å²) >= 11 is 0. The zero-order valence-corrected chi connectivity index (χ0v) is 10.1. The van der Waals surface area contributed by atoms with Crippen LogP contribution in [0.4, 0.5) is 0 Å². The second-order valence-electron chi connectivity index (χ2n) is 3.61. The molecule has 1 N–H and O–H groups in total. The molecule has 88 valence electrons. The fourth-order valence-electron chi connectivity index (χ4n) is 1.88. The fourth-order valence-corrected chi connectivity index (χ4v) is 1.88. The molecule has 0 unspecified atom stereocenters. The average molecular weight is 223 g/mol. The second kappa shape index (κ2) is 4.96. The lowest BCUT2D eigenvalue weighted by Gasteiger charge is -2.02. The highest BCUT2D eigenvalue weighted by Gasteiger charge is 2.21. The quantitative estimate of drug-likeness (QED) is 0.629. The summed E-state index contributed by atoms with van der Waals surface area (Å²) in [6.45, 7) is 7.29. The van der Waals surface area contributed by atoms with Crippen LogP contribution in [-0.4, -0.2) is 23.3 Å². The lowest BCUT2D eigenvalue weighted by atomic mass is 10.0. The van der Waals surface area contributed by atoms with Gasteiger partial charge in [0.15, 0.2) is 5.78 Å². The van der Waals surface area contributed by atoms with E-state index in [0.29, 0.717) is 24.3 Å². The van der Waals surface area contributed by atoms with Gasteiger partial charge in [-0.25, -0.2) is 4.79 Å². The number of rotatable bonds is 4. The largest absolute Gasteiger partial charge is 0.461 e. The lowest BCUT2D eigenvalue weighted by molar-refractivity contribution is 0.0519. The van der Waals surface area contributed by atoms with E-state index in [1.165, 1.54) is 6.92 Å². The summed E-state index contributed by atoms with van der Waals surface area (Å²) in [6, 6.07) is 0. The summed E-state index contributed by atoms with van der Waals surface area (Å²) in [7, 11) is 0. The van der Waals surface area contributed by atoms with Crippen LogP contribution in [0.3, 0.4) is 0 Å². The topological polar surface area (TPSA) is 59.2 Å². The third-order valence-corrected chi connectivity index (χ3v) is 2.48. The minimum atomic E-state index is -0.394. The van der Waals surface area contributed by atoms with Crippen molar-refractivity contribution in [2.24, 2.45) is 0 Å². The molecule has 0 radical (unpaired) electrons. The summed E-state index contributed by atoms with van der Waals surface area (Å²) in [5.41, 5.74) is 2.51. The van der Waals surface area contributed by atoms with Crippen LogP contribution in [-0.2, 0) is 11.2 Å². The van der Waals surface area contributed by atoms with Crippen molar-refractivity contribution < 1.29 is 14.3 Å². The van der Waals surface area contributed by atoms with Crippen molar-refractivity contribution in [1.82, 2.24) is 4.98 Å². The molecule has 1 aromatic heterocycles. The Kier molecular flexibility index (Phi) is 3.88. The number of aromatic amines is 1. The number of Topliss-reactive ketones (excluding diaryl/α,β-unsaturated/α-hetero) is 1. The van der Waals surface area contributed by atoms with Gasteiger partial charge < -0.3 is 9.72 Å². The van der Waals surface area contributed by atoms with Crippen LogP contribution in [0.15, 0.2) is 0 Å². The van der Waals surface area contributed by atoms with Gasteiger partial charge in [0.1, 0.15) is 5.69 Å². The number of carbonyl (C=O) groups is 2. The number of ketones is 1. The molecule has 0 aliphatic carbocycles. The molecule has 0 aromatic carbocycles. The fraction of sp³-hybridized carbons (Fsp3) is 0.500. The van der Waals surface area contributed by atoms with Gasteiger partial charge in [0, 0.05) is 11.3 Å². The zero-order chi connectivity index (χ0) is 12.3. The molecule has 4 heteroatoms. The molecule has 0 spiro atoms. The van der Waals surface area contributed by atoms with E-state index in [-0.39, 0.29) is 5.78 Å². The summed E-state index contributed by atoms with van der Waals surface area (Å²) in [5, 5.41) is 0. The van der Waals surface area contributed by atoms with Gasteiger partial charge in [0.2, 0.25) is 0 Å². The lowest BCUT2D eigenvalue weighted by Crippen LogP contribution is -2.08. The monoisotopic (exact) mass is 223 g/mol. The molecule has 0 aliphatic rings. The number of hydrogen-bond donors (Lipinski definition) is 1. The Morgan fingerprint density at radius 2 is 1.94 bits per heavy atom. The minimum absolute atomic E-state index is 0.0267. The normalized spacial score (nSPS) is 10.2. The van der Waals surface area contributed by atoms with Crippen molar-refractivity contribution in [3.05, 3.63) is 22.5 Å². The van der Waals surface area contributed by atoms with Gasteiger partial charge in [0.25, 0.3) is 0 Å². The third kappa shape index (κ3) is 2.15. The van der Waals surface area contributed by atoms with Crippen molar-refractivity contribution in [2.45, 2.75) is 34.1 Å². The highest BCUT2D eigenvalue weighted by atomic mass is 16.5. The van der Waals surface area contributed by atoms with Crippen LogP contribution in [0, 0.1) is 6.92 Å². The maximum absolute atomic E-state index is 11.6. The van der Waals surface area contributed by atoms with E-state index in [2.05, 4.69) is 4.98 Å². The van der Waals surface area contributed by atoms with E-state index >= 15 is 0 Å². The van der Waals surface area contributed by atoms with Crippen LogP contribution in [0.25, 0.3) is 0 Å². The van der Waals surface area contributed by atoms with Gasteiger partial charge in [-0.2, -0.15) is 0 Å². The zero-order valence-electron chi connectivity index (χ0n) is 10.1. The van der Waals surface area contributed by atoms with Crippen molar-refractivity contribution in [3.8, 4) is 0 Å². The molecule has 0 saturated heterocycles. The maximum atomic E-state index is 11.6. The third-order valence-electron chi connectivity index (χ3n) is 2.48. The highest BCUT2D eigenvalue weighted by molar-refractivity contribution is 6.01. The standard InChI is InChI=1S/C12H17NO3/c1-5-9-10(8(4)14)7(3)13-11(9)12(15)16-6-2/h13H,5-6H2,1-4H3.